The van der Waals surface area contributed by atoms with Crippen LogP contribution in [-0.4, -0.2) is 23.4 Å². The summed E-state index contributed by atoms with van der Waals surface area (Å²) in [6.07, 6.45) is 2.53. The number of aromatic nitrogens is 2. The first-order valence-corrected chi connectivity index (χ1v) is 7.07. The summed E-state index contributed by atoms with van der Waals surface area (Å²) in [6, 6.07) is 5.81. The Balaban J connectivity index is 2.48. The maximum atomic E-state index is 13.8. The molecule has 0 radical (unpaired) electrons. The fourth-order valence-corrected chi connectivity index (χ4v) is 2.28. The Morgan fingerprint density at radius 2 is 2.21 bits per heavy atom. The monoisotopic (exact) mass is 279 g/mol. The summed E-state index contributed by atoms with van der Waals surface area (Å²) in [5, 5.41) is 12.4. The molecule has 1 aromatic heterocycles. The predicted molar refractivity (Wildman–Crippen MR) is 67.2 cm³/mol. The van der Waals surface area contributed by atoms with Gasteiger partial charge in [-0.1, -0.05) is 6.07 Å². The number of rotatable bonds is 3. The molecule has 0 N–H and O–H groups in total. The number of benzene rings is 1. The number of hydrogen-bond acceptors (Lipinski definition) is 4. The van der Waals surface area contributed by atoms with Gasteiger partial charge in [0.1, 0.15) is 5.82 Å². The Morgan fingerprint density at radius 1 is 1.47 bits per heavy atom. The number of nitriles is 1. The van der Waals surface area contributed by atoms with Gasteiger partial charge in [-0.05, 0) is 19.1 Å². The predicted octanol–water partition coefficient (Wildman–Crippen LogP) is 1.76. The molecule has 0 amide bonds. The van der Waals surface area contributed by atoms with Crippen molar-refractivity contribution in [1.82, 2.24) is 9.19 Å². The van der Waals surface area contributed by atoms with E-state index in [0.717, 1.165) is 10.2 Å². The van der Waals surface area contributed by atoms with Gasteiger partial charge in [-0.3, -0.25) is 0 Å². The first kappa shape index (κ1) is 13.2. The average Bonchev–Trinajstić information content (AvgIpc) is 2.88. The summed E-state index contributed by atoms with van der Waals surface area (Å²) >= 11 is 0. The van der Waals surface area contributed by atoms with E-state index < -0.39 is 15.8 Å². The van der Waals surface area contributed by atoms with Crippen LogP contribution >= 0.6 is 0 Å². The lowest BCUT2D eigenvalue weighted by molar-refractivity contribution is 0.581. The number of nitrogens with zero attached hydrogens (tertiary/aromatic N) is 3. The van der Waals surface area contributed by atoms with Crippen LogP contribution in [0.4, 0.5) is 4.39 Å². The Labute approximate surface area is 110 Å². The van der Waals surface area contributed by atoms with Crippen molar-refractivity contribution < 1.29 is 12.8 Å². The van der Waals surface area contributed by atoms with Gasteiger partial charge in [-0.2, -0.15) is 14.4 Å². The van der Waals surface area contributed by atoms with Crippen molar-refractivity contribution in [2.75, 3.05) is 5.75 Å². The normalized spacial score (nSPS) is 11.2. The lowest BCUT2D eigenvalue weighted by Gasteiger charge is -2.01. The SMILES string of the molecule is CCS(=O)(=O)n1cc(-c2ccc(C#N)cc2F)cn1. The second kappa shape index (κ2) is 4.82. The molecule has 7 heteroatoms. The minimum atomic E-state index is -3.48. The van der Waals surface area contributed by atoms with Gasteiger partial charge in [0.2, 0.25) is 0 Å². The van der Waals surface area contributed by atoms with E-state index in [0.29, 0.717) is 5.56 Å². The Kier molecular flexibility index (Phi) is 3.36. The molecular weight excluding hydrogens is 269 g/mol. The molecule has 2 aromatic rings. The lowest BCUT2D eigenvalue weighted by Crippen LogP contribution is -2.14. The van der Waals surface area contributed by atoms with E-state index in [4.69, 9.17) is 5.26 Å². The summed E-state index contributed by atoms with van der Waals surface area (Å²) in [4.78, 5) is 0. The molecule has 98 valence electrons. The second-order valence-electron chi connectivity index (χ2n) is 3.81. The molecule has 5 nitrogen and oxygen atoms in total. The minimum absolute atomic E-state index is 0.0933. The van der Waals surface area contributed by atoms with E-state index in [9.17, 15) is 12.8 Å². The largest absolute Gasteiger partial charge is 0.253 e. The summed E-state index contributed by atoms with van der Waals surface area (Å²) in [6.45, 7) is 1.50. The van der Waals surface area contributed by atoms with Crippen LogP contribution in [0.1, 0.15) is 12.5 Å². The molecule has 0 aliphatic heterocycles. The Morgan fingerprint density at radius 3 is 2.79 bits per heavy atom. The molecule has 0 saturated heterocycles. The van der Waals surface area contributed by atoms with Crippen LogP contribution in [0.15, 0.2) is 30.6 Å². The fraction of sp³-hybridized carbons (Fsp3) is 0.167. The van der Waals surface area contributed by atoms with Crippen LogP contribution < -0.4 is 0 Å². The third-order valence-corrected chi connectivity index (χ3v) is 4.12. The molecule has 0 aliphatic rings. The summed E-state index contributed by atoms with van der Waals surface area (Å²) in [5.41, 5.74) is 0.755. The number of halogens is 1. The zero-order valence-corrected chi connectivity index (χ0v) is 10.9. The van der Waals surface area contributed by atoms with Crippen LogP contribution in [-0.2, 0) is 10.0 Å². The third kappa shape index (κ3) is 2.48. The van der Waals surface area contributed by atoms with Gasteiger partial charge in [-0.15, -0.1) is 0 Å². The van der Waals surface area contributed by atoms with Crippen molar-refractivity contribution >= 4 is 10.0 Å². The van der Waals surface area contributed by atoms with Crippen LogP contribution in [0.2, 0.25) is 0 Å². The zero-order chi connectivity index (χ0) is 14.0. The van der Waals surface area contributed by atoms with Gasteiger partial charge in [0.25, 0.3) is 10.0 Å². The van der Waals surface area contributed by atoms with Crippen molar-refractivity contribution in [1.29, 1.82) is 5.26 Å². The zero-order valence-electron chi connectivity index (χ0n) is 10.0. The molecular formula is C12H10FN3O2S. The van der Waals surface area contributed by atoms with Crippen LogP contribution in [0.3, 0.4) is 0 Å². The summed E-state index contributed by atoms with van der Waals surface area (Å²) in [7, 11) is -3.48. The Bertz CT molecular complexity index is 760. The van der Waals surface area contributed by atoms with Crippen molar-refractivity contribution in [3.05, 3.63) is 42.0 Å². The highest BCUT2D eigenvalue weighted by Crippen LogP contribution is 2.23. The van der Waals surface area contributed by atoms with Gasteiger partial charge in [0.05, 0.1) is 29.8 Å². The molecule has 0 unspecified atom stereocenters. The topological polar surface area (TPSA) is 75.8 Å². The maximum Gasteiger partial charge on any atom is 0.253 e. The molecule has 1 heterocycles. The van der Waals surface area contributed by atoms with Crippen LogP contribution in [0.25, 0.3) is 11.1 Å². The summed E-state index contributed by atoms with van der Waals surface area (Å²) in [5.74, 6) is -0.684. The second-order valence-corrected chi connectivity index (χ2v) is 5.92. The molecule has 0 fully saturated rings. The standard InChI is InChI=1S/C12H10FN3O2S/c1-2-19(17,18)16-8-10(7-15-16)11-4-3-9(6-14)5-12(11)13/h3-5,7-8H,2H2,1H3. The maximum absolute atomic E-state index is 13.8. The first-order valence-electron chi connectivity index (χ1n) is 5.46. The first-order chi connectivity index (χ1) is 8.97. The van der Waals surface area contributed by atoms with Crippen molar-refractivity contribution in [3.8, 4) is 17.2 Å². The van der Waals surface area contributed by atoms with Crippen molar-refractivity contribution in [2.45, 2.75) is 6.92 Å². The molecule has 0 aliphatic carbocycles. The van der Waals surface area contributed by atoms with Crippen molar-refractivity contribution in [3.63, 3.8) is 0 Å². The smallest absolute Gasteiger partial charge is 0.206 e. The molecule has 0 saturated carbocycles. The van der Waals surface area contributed by atoms with E-state index >= 15 is 0 Å². The van der Waals surface area contributed by atoms with Gasteiger partial charge < -0.3 is 0 Å². The molecule has 0 spiro atoms. The molecule has 1 aromatic carbocycles. The summed E-state index contributed by atoms with van der Waals surface area (Å²) < 4.78 is 37.8. The highest BCUT2D eigenvalue weighted by molar-refractivity contribution is 7.89. The fourth-order valence-electron chi connectivity index (χ4n) is 1.55. The lowest BCUT2D eigenvalue weighted by atomic mass is 10.1. The van der Waals surface area contributed by atoms with Crippen LogP contribution in [0, 0.1) is 17.1 Å². The molecule has 19 heavy (non-hydrogen) atoms. The number of hydrogen-bond donors (Lipinski definition) is 0. The van der Waals surface area contributed by atoms with E-state index in [1.807, 2.05) is 6.07 Å². The minimum Gasteiger partial charge on any atom is -0.206 e. The highest BCUT2D eigenvalue weighted by Gasteiger charge is 2.14. The van der Waals surface area contributed by atoms with E-state index in [2.05, 4.69) is 5.10 Å². The van der Waals surface area contributed by atoms with Crippen molar-refractivity contribution in [2.24, 2.45) is 0 Å². The van der Waals surface area contributed by atoms with E-state index in [-0.39, 0.29) is 16.9 Å². The Hall–Kier alpha value is -2.20. The van der Waals surface area contributed by atoms with Gasteiger partial charge >= 0.3 is 0 Å². The molecule has 2 rings (SSSR count). The quantitative estimate of drug-likeness (QED) is 0.857. The average molecular weight is 279 g/mol. The molecule has 0 bridgehead atoms. The molecule has 0 atom stereocenters. The van der Waals surface area contributed by atoms with Gasteiger partial charge in [-0.25, -0.2) is 12.8 Å². The van der Waals surface area contributed by atoms with Crippen LogP contribution in [0.5, 0.6) is 0 Å². The van der Waals surface area contributed by atoms with Gasteiger partial charge in [0.15, 0.2) is 0 Å². The van der Waals surface area contributed by atoms with E-state index in [1.165, 1.54) is 31.5 Å². The van der Waals surface area contributed by atoms with Gasteiger partial charge in [0, 0.05) is 11.1 Å². The third-order valence-electron chi connectivity index (χ3n) is 2.62. The van der Waals surface area contributed by atoms with E-state index in [1.54, 1.807) is 0 Å². The highest BCUT2D eigenvalue weighted by atomic mass is 32.2.